The van der Waals surface area contributed by atoms with Crippen LogP contribution < -0.4 is 10.3 Å². The first-order valence-corrected chi connectivity index (χ1v) is 10.5. The van der Waals surface area contributed by atoms with Gasteiger partial charge in [-0.1, -0.05) is 46.9 Å². The Morgan fingerprint density at radius 2 is 1.73 bits per heavy atom. The zero-order valence-corrected chi connectivity index (χ0v) is 17.6. The number of sulfonamides is 1. The molecule has 0 amide bonds. The number of benzene rings is 2. The van der Waals surface area contributed by atoms with Crippen LogP contribution in [0.4, 0.5) is 5.69 Å². The molecule has 0 saturated heterocycles. The van der Waals surface area contributed by atoms with Gasteiger partial charge < -0.3 is 15.2 Å². The van der Waals surface area contributed by atoms with Gasteiger partial charge >= 0.3 is 5.97 Å². The zero-order chi connectivity index (χ0) is 22.2. The SMILES string of the molecule is O=C(O)c1nc(-c2cccc(NS(=O)(=O)c3cc(Cl)c(Cl)cc3Cl)c2)[nH]c(=O)c1O. The molecule has 0 aliphatic rings. The van der Waals surface area contributed by atoms with E-state index in [1.807, 2.05) is 0 Å². The van der Waals surface area contributed by atoms with Gasteiger partial charge in [-0.3, -0.25) is 9.52 Å². The summed E-state index contributed by atoms with van der Waals surface area (Å²) in [5.74, 6) is -2.84. The maximum atomic E-state index is 12.7. The van der Waals surface area contributed by atoms with Crippen molar-refractivity contribution in [1.82, 2.24) is 9.97 Å². The first kappa shape index (κ1) is 21.9. The Balaban J connectivity index is 2.02. The van der Waals surface area contributed by atoms with E-state index in [-0.39, 0.29) is 37.0 Å². The number of carbonyl (C=O) groups is 1. The molecule has 1 heterocycles. The van der Waals surface area contributed by atoms with E-state index in [0.717, 1.165) is 6.07 Å². The van der Waals surface area contributed by atoms with E-state index < -0.39 is 33.0 Å². The molecule has 156 valence electrons. The van der Waals surface area contributed by atoms with Crippen LogP contribution in [-0.2, 0) is 10.0 Å². The molecule has 9 nitrogen and oxygen atoms in total. The van der Waals surface area contributed by atoms with Crippen LogP contribution in [0.1, 0.15) is 10.5 Å². The van der Waals surface area contributed by atoms with Crippen LogP contribution in [0.25, 0.3) is 11.4 Å². The standard InChI is InChI=1S/C17H10Cl3N3O6S/c18-9-5-11(20)12(6-10(9)19)30(28,29)23-8-3-1-2-7(4-8)15-21-13(17(26)27)14(24)16(25)22-15/h1-6,23-24H,(H,26,27)(H,21,22,25). The van der Waals surface area contributed by atoms with Gasteiger partial charge in [0.05, 0.1) is 15.1 Å². The van der Waals surface area contributed by atoms with E-state index in [1.54, 1.807) is 0 Å². The number of aromatic carboxylic acids is 1. The van der Waals surface area contributed by atoms with Gasteiger partial charge in [-0.05, 0) is 24.3 Å². The van der Waals surface area contributed by atoms with Crippen LogP contribution in [0, 0.1) is 0 Å². The lowest BCUT2D eigenvalue weighted by Crippen LogP contribution is -2.15. The van der Waals surface area contributed by atoms with Crippen molar-refractivity contribution >= 4 is 56.5 Å². The number of aromatic hydroxyl groups is 1. The highest BCUT2D eigenvalue weighted by Gasteiger charge is 2.21. The van der Waals surface area contributed by atoms with Crippen molar-refractivity contribution in [2.45, 2.75) is 4.90 Å². The van der Waals surface area contributed by atoms with Crippen molar-refractivity contribution in [1.29, 1.82) is 0 Å². The molecule has 0 atom stereocenters. The third kappa shape index (κ3) is 4.36. The lowest BCUT2D eigenvalue weighted by molar-refractivity contribution is 0.0686. The maximum Gasteiger partial charge on any atom is 0.358 e. The summed E-state index contributed by atoms with van der Waals surface area (Å²) in [5, 5.41) is 18.5. The number of hydrogen-bond donors (Lipinski definition) is 4. The van der Waals surface area contributed by atoms with Gasteiger partial charge in [-0.2, -0.15) is 0 Å². The summed E-state index contributed by atoms with van der Waals surface area (Å²) in [6.07, 6.45) is 0. The Kier molecular flexibility index (Phi) is 5.95. The van der Waals surface area contributed by atoms with Crippen LogP contribution in [0.5, 0.6) is 5.75 Å². The third-order valence-corrected chi connectivity index (χ3v) is 6.32. The molecule has 2 aromatic carbocycles. The second-order valence-electron chi connectivity index (χ2n) is 5.80. The molecule has 0 aliphatic carbocycles. The van der Waals surface area contributed by atoms with E-state index in [4.69, 9.17) is 39.9 Å². The highest BCUT2D eigenvalue weighted by atomic mass is 35.5. The largest absolute Gasteiger partial charge is 0.501 e. The fourth-order valence-electron chi connectivity index (χ4n) is 2.40. The smallest absolute Gasteiger partial charge is 0.358 e. The average molecular weight is 491 g/mol. The van der Waals surface area contributed by atoms with Crippen LogP contribution >= 0.6 is 34.8 Å². The summed E-state index contributed by atoms with van der Waals surface area (Å²) in [7, 11) is -4.17. The minimum atomic E-state index is -4.17. The molecule has 3 aromatic rings. The lowest BCUT2D eigenvalue weighted by Gasteiger charge is -2.12. The van der Waals surface area contributed by atoms with Crippen LogP contribution in [0.3, 0.4) is 0 Å². The summed E-state index contributed by atoms with van der Waals surface area (Å²) in [6.45, 7) is 0. The second kappa shape index (κ2) is 8.15. The summed E-state index contributed by atoms with van der Waals surface area (Å²) >= 11 is 17.7. The number of nitrogens with zero attached hydrogens (tertiary/aromatic N) is 1. The Morgan fingerprint density at radius 1 is 1.07 bits per heavy atom. The van der Waals surface area contributed by atoms with Gasteiger partial charge in [-0.15, -0.1) is 0 Å². The van der Waals surface area contributed by atoms with Crippen molar-refractivity contribution in [3.8, 4) is 17.1 Å². The van der Waals surface area contributed by atoms with Crippen LogP contribution in [-0.4, -0.2) is 34.6 Å². The predicted octanol–water partition coefficient (Wildman–Crippen LogP) is 3.60. The lowest BCUT2D eigenvalue weighted by atomic mass is 10.2. The fourth-order valence-corrected chi connectivity index (χ4v) is 4.46. The molecule has 0 bridgehead atoms. The van der Waals surface area contributed by atoms with Gasteiger partial charge in [0.15, 0.2) is 5.69 Å². The summed E-state index contributed by atoms with van der Waals surface area (Å²) in [4.78, 5) is 28.5. The third-order valence-electron chi connectivity index (χ3n) is 3.75. The number of hydrogen-bond acceptors (Lipinski definition) is 6. The van der Waals surface area contributed by atoms with Crippen molar-refractivity contribution in [2.24, 2.45) is 0 Å². The van der Waals surface area contributed by atoms with Crippen molar-refractivity contribution in [2.75, 3.05) is 4.72 Å². The number of anilines is 1. The number of H-pyrrole nitrogens is 1. The number of carboxylic acids is 1. The van der Waals surface area contributed by atoms with E-state index in [1.165, 1.54) is 30.3 Å². The van der Waals surface area contributed by atoms with E-state index in [2.05, 4.69) is 14.7 Å². The normalized spacial score (nSPS) is 11.3. The predicted molar refractivity (Wildman–Crippen MR) is 111 cm³/mol. The maximum absolute atomic E-state index is 12.7. The van der Waals surface area contributed by atoms with E-state index in [9.17, 15) is 23.1 Å². The molecule has 0 fully saturated rings. The average Bonchev–Trinajstić information content (AvgIpc) is 2.66. The number of aromatic amines is 1. The first-order chi connectivity index (χ1) is 14.0. The molecule has 0 spiro atoms. The topological polar surface area (TPSA) is 149 Å². The molecule has 4 N–H and O–H groups in total. The van der Waals surface area contributed by atoms with Gasteiger partial charge in [0.2, 0.25) is 5.75 Å². The Morgan fingerprint density at radius 3 is 2.40 bits per heavy atom. The van der Waals surface area contributed by atoms with Gasteiger partial charge in [0, 0.05) is 11.3 Å². The quantitative estimate of drug-likeness (QED) is 0.399. The minimum absolute atomic E-state index is 0.0118. The molecule has 0 aliphatic heterocycles. The number of rotatable bonds is 5. The molecule has 0 unspecified atom stereocenters. The minimum Gasteiger partial charge on any atom is -0.501 e. The molecule has 0 radical (unpaired) electrons. The Labute approximate surface area is 183 Å². The van der Waals surface area contributed by atoms with E-state index in [0.29, 0.717) is 0 Å². The van der Waals surface area contributed by atoms with Crippen molar-refractivity contribution in [3.05, 3.63) is 67.5 Å². The van der Waals surface area contributed by atoms with Crippen molar-refractivity contribution in [3.63, 3.8) is 0 Å². The second-order valence-corrected chi connectivity index (χ2v) is 8.67. The summed E-state index contributed by atoms with van der Waals surface area (Å²) < 4.78 is 27.7. The molecule has 30 heavy (non-hydrogen) atoms. The number of carboxylic acid groups (broad SMARTS) is 1. The molecular formula is C17H10Cl3N3O6S. The number of halogens is 3. The number of nitrogens with one attached hydrogen (secondary N) is 2. The molecule has 1 aromatic heterocycles. The molecule has 3 rings (SSSR count). The monoisotopic (exact) mass is 489 g/mol. The van der Waals surface area contributed by atoms with Crippen LogP contribution in [0.15, 0.2) is 46.1 Å². The summed E-state index contributed by atoms with van der Waals surface area (Å²) in [5.41, 5.74) is -1.68. The molecule has 13 heteroatoms. The molecular weight excluding hydrogens is 481 g/mol. The van der Waals surface area contributed by atoms with Gasteiger partial charge in [0.1, 0.15) is 10.7 Å². The molecule has 0 saturated carbocycles. The van der Waals surface area contributed by atoms with Gasteiger partial charge in [-0.25, -0.2) is 18.2 Å². The number of aromatic nitrogens is 2. The fraction of sp³-hybridized carbons (Fsp3) is 0. The Bertz CT molecular complexity index is 1340. The first-order valence-electron chi connectivity index (χ1n) is 7.84. The Hall–Kier alpha value is -2.79. The highest BCUT2D eigenvalue weighted by Crippen LogP contribution is 2.33. The highest BCUT2D eigenvalue weighted by molar-refractivity contribution is 7.92. The van der Waals surface area contributed by atoms with E-state index >= 15 is 0 Å². The van der Waals surface area contributed by atoms with Crippen molar-refractivity contribution < 1.29 is 23.4 Å². The zero-order valence-electron chi connectivity index (χ0n) is 14.5. The summed E-state index contributed by atoms with van der Waals surface area (Å²) in [6, 6.07) is 7.88. The van der Waals surface area contributed by atoms with Gasteiger partial charge in [0.25, 0.3) is 15.6 Å². The van der Waals surface area contributed by atoms with Crippen LogP contribution in [0.2, 0.25) is 15.1 Å².